The summed E-state index contributed by atoms with van der Waals surface area (Å²) < 4.78 is 1.25. The van der Waals surface area contributed by atoms with Crippen molar-refractivity contribution >= 4 is 39.9 Å². The molecular weight excluding hydrogens is 357 g/mol. The van der Waals surface area contributed by atoms with Crippen LogP contribution in [-0.2, 0) is 0 Å². The predicted molar refractivity (Wildman–Crippen MR) is 87.4 cm³/mol. The van der Waals surface area contributed by atoms with Crippen molar-refractivity contribution in [3.8, 4) is 0 Å². The Morgan fingerprint density at radius 2 is 1.78 bits per heavy atom. The summed E-state index contributed by atoms with van der Waals surface area (Å²) in [5.41, 5.74) is 3.46. The first kappa shape index (κ1) is 13.7. The molecule has 3 heteroatoms. The van der Waals surface area contributed by atoms with Crippen LogP contribution in [0.4, 0.5) is 5.69 Å². The quantitative estimate of drug-likeness (QED) is 0.710. The average molecular weight is 372 g/mol. The third kappa shape index (κ3) is 3.18. The van der Waals surface area contributed by atoms with Crippen LogP contribution in [0.25, 0.3) is 0 Å². The lowest BCUT2D eigenvalue weighted by Crippen LogP contribution is -2.07. The van der Waals surface area contributed by atoms with Crippen LogP contribution in [0.3, 0.4) is 0 Å². The van der Waals surface area contributed by atoms with E-state index in [2.05, 4.69) is 65.2 Å². The molecule has 0 aromatic heterocycles. The lowest BCUT2D eigenvalue weighted by molar-refractivity contribution is 0.882. The van der Waals surface area contributed by atoms with E-state index in [9.17, 15) is 0 Å². The maximum atomic E-state index is 6.12. The van der Waals surface area contributed by atoms with Crippen LogP contribution >= 0.6 is 34.2 Å². The summed E-state index contributed by atoms with van der Waals surface area (Å²) >= 11 is 8.44. The third-order valence-electron chi connectivity index (χ3n) is 3.01. The molecule has 2 rings (SSSR count). The molecule has 0 saturated carbocycles. The van der Waals surface area contributed by atoms with Gasteiger partial charge in [0.25, 0.3) is 0 Å². The maximum absolute atomic E-state index is 6.12. The Bertz CT molecular complexity index is 537. The molecule has 0 spiro atoms. The van der Waals surface area contributed by atoms with Gasteiger partial charge in [-0.25, -0.2) is 0 Å². The van der Waals surface area contributed by atoms with Gasteiger partial charge in [0.05, 0.1) is 0 Å². The minimum Gasteiger partial charge on any atom is -0.378 e. The number of halogens is 2. The molecule has 1 atom stereocenters. The van der Waals surface area contributed by atoms with E-state index in [-0.39, 0.29) is 6.04 Å². The second-order valence-corrected chi connectivity index (χ2v) is 5.98. The van der Waals surface area contributed by atoms with E-state index in [1.807, 2.05) is 19.1 Å². The Morgan fingerprint density at radius 1 is 1.11 bits per heavy atom. The smallest absolute Gasteiger partial charge is 0.0485 e. The first-order valence-corrected chi connectivity index (χ1v) is 7.30. The van der Waals surface area contributed by atoms with Crippen molar-refractivity contribution in [2.75, 3.05) is 5.32 Å². The van der Waals surface area contributed by atoms with Gasteiger partial charge < -0.3 is 5.32 Å². The molecule has 1 N–H and O–H groups in total. The van der Waals surface area contributed by atoms with Gasteiger partial charge in [-0.15, -0.1) is 0 Å². The van der Waals surface area contributed by atoms with Gasteiger partial charge in [-0.05, 0) is 71.8 Å². The molecule has 0 saturated heterocycles. The molecule has 2 aromatic carbocycles. The van der Waals surface area contributed by atoms with Gasteiger partial charge in [-0.2, -0.15) is 0 Å². The largest absolute Gasteiger partial charge is 0.378 e. The minimum absolute atomic E-state index is 0.263. The Hall–Kier alpha value is -0.740. The standard InChI is InChI=1S/C15H15ClIN/c1-10-14(16)4-3-5-15(10)18-11(2)12-6-8-13(17)9-7-12/h3-9,11,18H,1-2H3. The highest BCUT2D eigenvalue weighted by atomic mass is 127. The normalized spacial score (nSPS) is 12.2. The Labute approximate surface area is 127 Å². The number of hydrogen-bond acceptors (Lipinski definition) is 1. The van der Waals surface area contributed by atoms with E-state index in [1.54, 1.807) is 0 Å². The number of anilines is 1. The monoisotopic (exact) mass is 371 g/mol. The zero-order chi connectivity index (χ0) is 13.1. The molecular formula is C15H15ClIN. The molecule has 2 aromatic rings. The number of hydrogen-bond donors (Lipinski definition) is 1. The van der Waals surface area contributed by atoms with Gasteiger partial charge >= 0.3 is 0 Å². The van der Waals surface area contributed by atoms with Crippen molar-refractivity contribution in [2.45, 2.75) is 19.9 Å². The van der Waals surface area contributed by atoms with E-state index in [1.165, 1.54) is 9.13 Å². The summed E-state index contributed by atoms with van der Waals surface area (Å²) in [7, 11) is 0. The van der Waals surface area contributed by atoms with Crippen molar-refractivity contribution in [1.29, 1.82) is 0 Å². The lowest BCUT2D eigenvalue weighted by atomic mass is 10.1. The first-order chi connectivity index (χ1) is 8.58. The van der Waals surface area contributed by atoms with E-state index in [0.717, 1.165) is 16.3 Å². The zero-order valence-electron chi connectivity index (χ0n) is 10.4. The number of rotatable bonds is 3. The molecule has 0 bridgehead atoms. The molecule has 0 fully saturated rings. The number of nitrogens with one attached hydrogen (secondary N) is 1. The van der Waals surface area contributed by atoms with E-state index < -0.39 is 0 Å². The van der Waals surface area contributed by atoms with Gasteiger partial charge in [-0.1, -0.05) is 29.8 Å². The van der Waals surface area contributed by atoms with Crippen LogP contribution in [0, 0.1) is 10.5 Å². The van der Waals surface area contributed by atoms with Crippen LogP contribution in [0.1, 0.15) is 24.1 Å². The molecule has 1 nitrogen and oxygen atoms in total. The summed E-state index contributed by atoms with van der Waals surface area (Å²) in [6.07, 6.45) is 0. The van der Waals surface area contributed by atoms with Crippen LogP contribution in [0.5, 0.6) is 0 Å². The van der Waals surface area contributed by atoms with Crippen molar-refractivity contribution in [3.05, 3.63) is 62.2 Å². The fourth-order valence-corrected chi connectivity index (χ4v) is 2.37. The Kier molecular flexibility index (Phi) is 4.51. The Morgan fingerprint density at radius 3 is 2.44 bits per heavy atom. The van der Waals surface area contributed by atoms with Crippen molar-refractivity contribution in [2.24, 2.45) is 0 Å². The van der Waals surface area contributed by atoms with Crippen LogP contribution in [0.15, 0.2) is 42.5 Å². The SMILES string of the molecule is Cc1c(Cl)cccc1NC(C)c1ccc(I)cc1. The average Bonchev–Trinajstić information content (AvgIpc) is 2.36. The Balaban J connectivity index is 2.18. The molecule has 1 unspecified atom stereocenters. The second-order valence-electron chi connectivity index (χ2n) is 4.33. The maximum Gasteiger partial charge on any atom is 0.0485 e. The zero-order valence-corrected chi connectivity index (χ0v) is 13.3. The highest BCUT2D eigenvalue weighted by Gasteiger charge is 2.08. The van der Waals surface area contributed by atoms with Crippen LogP contribution in [0.2, 0.25) is 5.02 Å². The van der Waals surface area contributed by atoms with E-state index in [4.69, 9.17) is 11.6 Å². The molecule has 18 heavy (non-hydrogen) atoms. The van der Waals surface area contributed by atoms with Crippen molar-refractivity contribution < 1.29 is 0 Å². The van der Waals surface area contributed by atoms with Gasteiger partial charge in [0.1, 0.15) is 0 Å². The molecule has 0 aliphatic carbocycles. The fraction of sp³-hybridized carbons (Fsp3) is 0.200. The highest BCUT2D eigenvalue weighted by Crippen LogP contribution is 2.27. The second kappa shape index (κ2) is 5.93. The minimum atomic E-state index is 0.263. The van der Waals surface area contributed by atoms with Crippen LogP contribution in [-0.4, -0.2) is 0 Å². The van der Waals surface area contributed by atoms with Gasteiger partial charge in [0.15, 0.2) is 0 Å². The molecule has 0 aliphatic rings. The van der Waals surface area contributed by atoms with Gasteiger partial charge in [0, 0.05) is 20.3 Å². The summed E-state index contributed by atoms with van der Waals surface area (Å²) in [4.78, 5) is 0. The molecule has 94 valence electrons. The third-order valence-corrected chi connectivity index (χ3v) is 4.14. The summed E-state index contributed by atoms with van der Waals surface area (Å²) in [5.74, 6) is 0. The molecule has 0 radical (unpaired) electrons. The summed E-state index contributed by atoms with van der Waals surface area (Å²) in [6, 6.07) is 14.8. The first-order valence-electron chi connectivity index (χ1n) is 5.85. The topological polar surface area (TPSA) is 12.0 Å². The fourth-order valence-electron chi connectivity index (χ4n) is 1.83. The highest BCUT2D eigenvalue weighted by molar-refractivity contribution is 14.1. The summed E-state index contributed by atoms with van der Waals surface area (Å²) in [6.45, 7) is 4.19. The van der Waals surface area contributed by atoms with Crippen LogP contribution < -0.4 is 5.32 Å². The van der Waals surface area contributed by atoms with E-state index in [0.29, 0.717) is 0 Å². The van der Waals surface area contributed by atoms with Gasteiger partial charge in [0.2, 0.25) is 0 Å². The van der Waals surface area contributed by atoms with Crippen molar-refractivity contribution in [1.82, 2.24) is 0 Å². The van der Waals surface area contributed by atoms with Crippen molar-refractivity contribution in [3.63, 3.8) is 0 Å². The number of benzene rings is 2. The molecule has 0 aliphatic heterocycles. The predicted octanol–water partition coefficient (Wildman–Crippen LogP) is 5.43. The molecule has 0 amide bonds. The lowest BCUT2D eigenvalue weighted by Gasteiger charge is -2.18. The molecule has 0 heterocycles. The summed E-state index contributed by atoms with van der Waals surface area (Å²) in [5, 5.41) is 4.30. The van der Waals surface area contributed by atoms with E-state index >= 15 is 0 Å². The van der Waals surface area contributed by atoms with Gasteiger partial charge in [-0.3, -0.25) is 0 Å².